The van der Waals surface area contributed by atoms with Gasteiger partial charge in [-0.25, -0.2) is 0 Å². The Kier molecular flexibility index (Phi) is 8.42. The zero-order valence-corrected chi connectivity index (χ0v) is 20.0. The molecule has 0 amide bonds. The van der Waals surface area contributed by atoms with Crippen molar-refractivity contribution in [3.63, 3.8) is 0 Å². The smallest absolute Gasteiger partial charge is 0.0456 e. The van der Waals surface area contributed by atoms with Gasteiger partial charge in [-0.2, -0.15) is 0 Å². The van der Waals surface area contributed by atoms with Crippen LogP contribution in [-0.2, 0) is 6.42 Å². The van der Waals surface area contributed by atoms with Crippen molar-refractivity contribution in [1.29, 1.82) is 0 Å². The first-order valence-corrected chi connectivity index (χ1v) is 11.2. The predicted molar refractivity (Wildman–Crippen MR) is 132 cm³/mol. The van der Waals surface area contributed by atoms with Gasteiger partial charge in [0.25, 0.3) is 0 Å². The normalized spacial score (nSPS) is 12.6. The number of aromatic nitrogens is 1. The van der Waals surface area contributed by atoms with Crippen LogP contribution in [0.25, 0.3) is 10.9 Å². The standard InChI is InChI=1S/C15H24S.C11H14N2/c1-9(2)12-7-13(10(3)4)15(16)14(8-12)11(5)6;1-8(12)6-9-7-13-11-5-3-2-4-10(9)11/h7-11,16H,1-6H3;2-5,7-8,13H,6,12H2,1H3. The molecule has 3 rings (SSSR count). The molecule has 2 nitrogen and oxygen atoms in total. The van der Waals surface area contributed by atoms with E-state index >= 15 is 0 Å². The Morgan fingerprint density at radius 2 is 1.41 bits per heavy atom. The molecule has 29 heavy (non-hydrogen) atoms. The number of benzene rings is 2. The molecule has 2 aromatic carbocycles. The van der Waals surface area contributed by atoms with E-state index in [2.05, 4.69) is 76.9 Å². The molecule has 1 atom stereocenters. The lowest BCUT2D eigenvalue weighted by Crippen LogP contribution is -2.17. The van der Waals surface area contributed by atoms with Crippen LogP contribution in [0.5, 0.6) is 0 Å². The Hall–Kier alpha value is -1.71. The summed E-state index contributed by atoms with van der Waals surface area (Å²) < 4.78 is 0. The zero-order chi connectivity index (χ0) is 21.7. The second-order valence-electron chi connectivity index (χ2n) is 9.05. The van der Waals surface area contributed by atoms with Crippen molar-refractivity contribution in [1.82, 2.24) is 4.98 Å². The number of nitrogens with one attached hydrogen (secondary N) is 1. The van der Waals surface area contributed by atoms with E-state index in [-0.39, 0.29) is 6.04 Å². The molecule has 0 aliphatic carbocycles. The van der Waals surface area contributed by atoms with Crippen molar-refractivity contribution in [2.45, 2.75) is 83.6 Å². The minimum atomic E-state index is 0.221. The summed E-state index contributed by atoms with van der Waals surface area (Å²) in [6.45, 7) is 15.5. The Labute approximate surface area is 182 Å². The van der Waals surface area contributed by atoms with Crippen molar-refractivity contribution in [3.8, 4) is 0 Å². The molecule has 0 aliphatic heterocycles. The molecule has 0 radical (unpaired) electrons. The van der Waals surface area contributed by atoms with Gasteiger partial charge in [0.15, 0.2) is 0 Å². The van der Waals surface area contributed by atoms with Crippen LogP contribution in [0.2, 0.25) is 0 Å². The molecule has 0 saturated heterocycles. The van der Waals surface area contributed by atoms with Gasteiger partial charge in [-0.1, -0.05) is 71.9 Å². The fourth-order valence-electron chi connectivity index (χ4n) is 3.57. The number of nitrogens with two attached hydrogens (primary N) is 1. The van der Waals surface area contributed by atoms with Crippen molar-refractivity contribution in [2.24, 2.45) is 5.73 Å². The maximum atomic E-state index is 5.76. The molecule has 0 saturated carbocycles. The number of hydrogen-bond acceptors (Lipinski definition) is 2. The van der Waals surface area contributed by atoms with Gasteiger partial charge < -0.3 is 10.7 Å². The lowest BCUT2D eigenvalue weighted by molar-refractivity contribution is 0.741. The Balaban J connectivity index is 0.000000211. The number of thiol groups is 1. The topological polar surface area (TPSA) is 41.8 Å². The van der Waals surface area contributed by atoms with Crippen LogP contribution < -0.4 is 5.73 Å². The van der Waals surface area contributed by atoms with Crippen LogP contribution in [0.1, 0.15) is 88.5 Å². The highest BCUT2D eigenvalue weighted by Gasteiger charge is 2.14. The third-order valence-electron chi connectivity index (χ3n) is 5.32. The number of rotatable bonds is 5. The molecular formula is C26H38N2S. The van der Waals surface area contributed by atoms with Gasteiger partial charge in [0.05, 0.1) is 0 Å². The van der Waals surface area contributed by atoms with Gasteiger partial charge >= 0.3 is 0 Å². The molecule has 0 spiro atoms. The van der Waals surface area contributed by atoms with Crippen LogP contribution in [0.3, 0.4) is 0 Å². The van der Waals surface area contributed by atoms with Gasteiger partial charge in [-0.05, 0) is 59.4 Å². The average Bonchev–Trinajstić information content (AvgIpc) is 3.04. The predicted octanol–water partition coefficient (Wildman–Crippen LogP) is 7.40. The largest absolute Gasteiger partial charge is 0.361 e. The van der Waals surface area contributed by atoms with E-state index in [0.29, 0.717) is 17.8 Å². The lowest BCUT2D eigenvalue weighted by atomic mass is 9.89. The van der Waals surface area contributed by atoms with E-state index in [9.17, 15) is 0 Å². The number of fused-ring (bicyclic) bond motifs is 1. The summed E-state index contributed by atoms with van der Waals surface area (Å²) in [5, 5.41) is 1.29. The maximum Gasteiger partial charge on any atom is 0.0456 e. The van der Waals surface area contributed by atoms with E-state index in [1.165, 1.54) is 38.1 Å². The molecule has 0 bridgehead atoms. The van der Waals surface area contributed by atoms with Gasteiger partial charge in [0.2, 0.25) is 0 Å². The first-order valence-electron chi connectivity index (χ1n) is 10.8. The number of para-hydroxylation sites is 1. The molecule has 158 valence electrons. The van der Waals surface area contributed by atoms with E-state index < -0.39 is 0 Å². The van der Waals surface area contributed by atoms with Crippen LogP contribution in [-0.4, -0.2) is 11.0 Å². The van der Waals surface area contributed by atoms with E-state index in [1.807, 2.05) is 19.2 Å². The minimum Gasteiger partial charge on any atom is -0.361 e. The summed E-state index contributed by atoms with van der Waals surface area (Å²) >= 11 is 4.71. The van der Waals surface area contributed by atoms with Gasteiger partial charge in [0, 0.05) is 28.0 Å². The lowest BCUT2D eigenvalue weighted by Gasteiger charge is -2.19. The van der Waals surface area contributed by atoms with Gasteiger partial charge in [-0.15, -0.1) is 12.6 Å². The summed E-state index contributed by atoms with van der Waals surface area (Å²) in [5.74, 6) is 1.68. The average molecular weight is 411 g/mol. The number of aromatic amines is 1. The fraction of sp³-hybridized carbons (Fsp3) is 0.462. The van der Waals surface area contributed by atoms with Crippen LogP contribution in [0.4, 0.5) is 0 Å². The molecular weight excluding hydrogens is 372 g/mol. The quantitative estimate of drug-likeness (QED) is 0.377. The van der Waals surface area contributed by atoms with E-state index in [4.69, 9.17) is 18.4 Å². The van der Waals surface area contributed by atoms with Crippen molar-refractivity contribution >= 4 is 23.5 Å². The number of hydrogen-bond donors (Lipinski definition) is 3. The highest BCUT2D eigenvalue weighted by Crippen LogP contribution is 2.34. The first-order chi connectivity index (χ1) is 13.6. The second-order valence-corrected chi connectivity index (χ2v) is 9.50. The third-order valence-corrected chi connectivity index (χ3v) is 5.84. The SMILES string of the molecule is CC(C)c1cc(C(C)C)c(S)c(C(C)C)c1.CC(N)Cc1c[nH]c2ccccc12. The number of H-pyrrole nitrogens is 1. The third kappa shape index (κ3) is 6.13. The van der Waals surface area contributed by atoms with Crippen LogP contribution in [0.15, 0.2) is 47.5 Å². The van der Waals surface area contributed by atoms with E-state index in [1.54, 1.807) is 0 Å². The van der Waals surface area contributed by atoms with E-state index in [0.717, 1.165) is 6.42 Å². The summed E-state index contributed by atoms with van der Waals surface area (Å²) in [6, 6.07) is 13.2. The molecule has 3 N–H and O–H groups in total. The molecule has 0 aliphatic rings. The molecule has 3 aromatic rings. The Bertz CT molecular complexity index is 890. The first kappa shape index (κ1) is 23.6. The zero-order valence-electron chi connectivity index (χ0n) is 19.1. The summed E-state index contributed by atoms with van der Waals surface area (Å²) in [5.41, 5.74) is 12.5. The highest BCUT2D eigenvalue weighted by atomic mass is 32.1. The van der Waals surface area contributed by atoms with Crippen LogP contribution in [0, 0.1) is 0 Å². The summed E-state index contributed by atoms with van der Waals surface area (Å²) in [6.07, 6.45) is 2.98. The Morgan fingerprint density at radius 3 is 1.90 bits per heavy atom. The summed E-state index contributed by atoms with van der Waals surface area (Å²) in [4.78, 5) is 4.43. The monoisotopic (exact) mass is 410 g/mol. The fourth-order valence-corrected chi connectivity index (χ4v) is 4.21. The molecule has 1 unspecified atom stereocenters. The van der Waals surface area contributed by atoms with Crippen molar-refractivity contribution < 1.29 is 0 Å². The second kappa shape index (κ2) is 10.4. The van der Waals surface area contributed by atoms with Crippen molar-refractivity contribution in [3.05, 3.63) is 64.8 Å². The van der Waals surface area contributed by atoms with Gasteiger partial charge in [-0.3, -0.25) is 0 Å². The molecule has 0 fully saturated rings. The molecule has 1 aromatic heterocycles. The Morgan fingerprint density at radius 1 is 0.862 bits per heavy atom. The molecule has 3 heteroatoms. The molecule has 1 heterocycles. The minimum absolute atomic E-state index is 0.221. The summed E-state index contributed by atoms with van der Waals surface area (Å²) in [7, 11) is 0. The van der Waals surface area contributed by atoms with Crippen LogP contribution >= 0.6 is 12.6 Å². The van der Waals surface area contributed by atoms with Gasteiger partial charge in [0.1, 0.15) is 0 Å². The van der Waals surface area contributed by atoms with Crippen molar-refractivity contribution in [2.75, 3.05) is 0 Å². The maximum absolute atomic E-state index is 5.76. The highest BCUT2D eigenvalue weighted by molar-refractivity contribution is 7.80.